The van der Waals surface area contributed by atoms with Gasteiger partial charge in [-0.1, -0.05) is 51.2 Å². The average Bonchev–Trinajstić information content (AvgIpc) is 2.35. The van der Waals surface area contributed by atoms with Crippen molar-refractivity contribution in [2.45, 2.75) is 71.1 Å². The third kappa shape index (κ3) is 13.1. The molecule has 0 aliphatic rings. The lowest BCUT2D eigenvalue weighted by atomic mass is 10.1. The molecule has 0 spiro atoms. The lowest BCUT2D eigenvalue weighted by Crippen LogP contribution is -1.99. The van der Waals surface area contributed by atoms with E-state index in [0.29, 0.717) is 6.42 Å². The van der Waals surface area contributed by atoms with Crippen molar-refractivity contribution in [1.82, 2.24) is 0 Å². The van der Waals surface area contributed by atoms with Crippen LogP contribution in [0.2, 0.25) is 0 Å². The van der Waals surface area contributed by atoms with Gasteiger partial charge in [0, 0.05) is 6.42 Å². The Morgan fingerprint density at radius 3 is 2.18 bits per heavy atom. The largest absolute Gasteiger partial charge is 0.469 e. The Hall–Kier alpha value is -0.790. The third-order valence-electron chi connectivity index (χ3n) is 2.85. The van der Waals surface area contributed by atoms with Crippen LogP contribution in [0.15, 0.2) is 12.2 Å². The molecule has 0 aromatic carbocycles. The van der Waals surface area contributed by atoms with E-state index < -0.39 is 0 Å². The first kappa shape index (κ1) is 16.2. The van der Waals surface area contributed by atoms with Gasteiger partial charge in [-0.25, -0.2) is 0 Å². The predicted octanol–water partition coefficient (Wildman–Crippen LogP) is 4.64. The van der Waals surface area contributed by atoms with E-state index in [1.165, 1.54) is 52.1 Å². The first-order chi connectivity index (χ1) is 8.31. The van der Waals surface area contributed by atoms with Gasteiger partial charge in [0.1, 0.15) is 0 Å². The number of carbonyl (C=O) groups excluding carboxylic acids is 1. The quantitative estimate of drug-likeness (QED) is 0.299. The molecule has 0 bridgehead atoms. The number of hydrogen-bond acceptors (Lipinski definition) is 2. The van der Waals surface area contributed by atoms with Crippen LogP contribution in [0, 0.1) is 0 Å². The van der Waals surface area contributed by atoms with E-state index in [0.717, 1.165) is 12.8 Å². The topological polar surface area (TPSA) is 26.3 Å². The van der Waals surface area contributed by atoms with Crippen LogP contribution >= 0.6 is 0 Å². The van der Waals surface area contributed by atoms with E-state index >= 15 is 0 Å². The minimum atomic E-state index is -0.0777. The summed E-state index contributed by atoms with van der Waals surface area (Å²) in [7, 11) is 1.45. The predicted molar refractivity (Wildman–Crippen MR) is 73.0 cm³/mol. The molecule has 100 valence electrons. The fourth-order valence-electron chi connectivity index (χ4n) is 1.74. The molecule has 0 aliphatic heterocycles. The van der Waals surface area contributed by atoms with Crippen LogP contribution in [-0.2, 0) is 9.53 Å². The molecule has 0 atom stereocenters. The molecule has 0 fully saturated rings. The van der Waals surface area contributed by atoms with Crippen LogP contribution in [0.5, 0.6) is 0 Å². The van der Waals surface area contributed by atoms with Gasteiger partial charge >= 0.3 is 5.97 Å². The number of allylic oxidation sites excluding steroid dienone is 2. The molecule has 0 amide bonds. The van der Waals surface area contributed by atoms with Crippen molar-refractivity contribution in [2.75, 3.05) is 7.11 Å². The summed E-state index contributed by atoms with van der Waals surface area (Å²) in [6.07, 6.45) is 16.1. The Bertz CT molecular complexity index is 197. The molecule has 2 nitrogen and oxygen atoms in total. The number of unbranched alkanes of at least 4 members (excludes halogenated alkanes) is 7. The first-order valence-corrected chi connectivity index (χ1v) is 7.03. The van der Waals surface area contributed by atoms with Crippen molar-refractivity contribution >= 4 is 5.97 Å². The second-order valence-corrected chi connectivity index (χ2v) is 4.50. The molecule has 0 aromatic heterocycles. The minimum Gasteiger partial charge on any atom is -0.469 e. The molecule has 0 rings (SSSR count). The van der Waals surface area contributed by atoms with E-state index in [2.05, 4.69) is 23.8 Å². The van der Waals surface area contributed by atoms with Crippen LogP contribution in [0.1, 0.15) is 71.1 Å². The normalized spacial score (nSPS) is 10.9. The minimum absolute atomic E-state index is 0.0777. The van der Waals surface area contributed by atoms with E-state index in [1.54, 1.807) is 0 Å². The Morgan fingerprint density at radius 1 is 0.941 bits per heavy atom. The Morgan fingerprint density at radius 2 is 1.53 bits per heavy atom. The molecule has 0 aromatic rings. The monoisotopic (exact) mass is 240 g/mol. The van der Waals surface area contributed by atoms with Crippen molar-refractivity contribution in [3.8, 4) is 0 Å². The van der Waals surface area contributed by atoms with Gasteiger partial charge in [0.05, 0.1) is 7.11 Å². The molecular formula is C15H28O2. The molecule has 0 radical (unpaired) electrons. The highest BCUT2D eigenvalue weighted by atomic mass is 16.5. The summed E-state index contributed by atoms with van der Waals surface area (Å²) in [6.45, 7) is 2.21. The van der Waals surface area contributed by atoms with Gasteiger partial charge in [0.15, 0.2) is 0 Å². The first-order valence-electron chi connectivity index (χ1n) is 7.03. The van der Waals surface area contributed by atoms with Crippen LogP contribution in [0.25, 0.3) is 0 Å². The van der Waals surface area contributed by atoms with Gasteiger partial charge in [-0.2, -0.15) is 0 Å². The van der Waals surface area contributed by atoms with Gasteiger partial charge in [-0.15, -0.1) is 0 Å². The maximum Gasteiger partial charge on any atom is 0.305 e. The van der Waals surface area contributed by atoms with Crippen molar-refractivity contribution in [2.24, 2.45) is 0 Å². The zero-order valence-corrected chi connectivity index (χ0v) is 11.5. The molecule has 0 heterocycles. The average molecular weight is 240 g/mol. The van der Waals surface area contributed by atoms with Gasteiger partial charge in [-0.3, -0.25) is 4.79 Å². The summed E-state index contributed by atoms with van der Waals surface area (Å²) in [5.74, 6) is -0.0777. The summed E-state index contributed by atoms with van der Waals surface area (Å²) < 4.78 is 4.60. The number of rotatable bonds is 11. The fraction of sp³-hybridized carbons (Fsp3) is 0.800. The van der Waals surface area contributed by atoms with Crippen LogP contribution in [0.3, 0.4) is 0 Å². The van der Waals surface area contributed by atoms with Crippen molar-refractivity contribution < 1.29 is 9.53 Å². The van der Waals surface area contributed by atoms with Gasteiger partial charge in [0.25, 0.3) is 0 Å². The number of hydrogen-bond donors (Lipinski definition) is 0. The molecule has 17 heavy (non-hydrogen) atoms. The second kappa shape index (κ2) is 13.3. The fourth-order valence-corrected chi connectivity index (χ4v) is 1.74. The molecule has 0 N–H and O–H groups in total. The van der Waals surface area contributed by atoms with E-state index in [4.69, 9.17) is 0 Å². The molecule has 0 saturated heterocycles. The van der Waals surface area contributed by atoms with Crippen LogP contribution in [0.4, 0.5) is 0 Å². The molecule has 0 saturated carbocycles. The molecule has 0 unspecified atom stereocenters. The molecule has 2 heteroatoms. The summed E-state index contributed by atoms with van der Waals surface area (Å²) in [4.78, 5) is 10.8. The third-order valence-corrected chi connectivity index (χ3v) is 2.85. The maximum atomic E-state index is 10.8. The lowest BCUT2D eigenvalue weighted by molar-refractivity contribution is -0.140. The number of esters is 1. The van der Waals surface area contributed by atoms with E-state index in [-0.39, 0.29) is 5.97 Å². The Kier molecular flexibility index (Phi) is 12.7. The summed E-state index contributed by atoms with van der Waals surface area (Å²) in [5.41, 5.74) is 0. The standard InChI is InChI=1S/C15H28O2/c1-3-4-5-6-7-8-9-10-11-12-13-14-15(16)17-2/h5-6H,3-4,7-14H2,1-2H3/b6-5-. The maximum absolute atomic E-state index is 10.8. The highest BCUT2D eigenvalue weighted by molar-refractivity contribution is 5.68. The zero-order chi connectivity index (χ0) is 12.8. The van der Waals surface area contributed by atoms with E-state index in [9.17, 15) is 4.79 Å². The highest BCUT2D eigenvalue weighted by Gasteiger charge is 1.98. The van der Waals surface area contributed by atoms with Crippen LogP contribution in [-0.4, -0.2) is 13.1 Å². The molecular weight excluding hydrogens is 212 g/mol. The van der Waals surface area contributed by atoms with E-state index in [1.807, 2.05) is 0 Å². The smallest absolute Gasteiger partial charge is 0.305 e. The Balaban J connectivity index is 3.06. The lowest BCUT2D eigenvalue weighted by Gasteiger charge is -2.00. The summed E-state index contributed by atoms with van der Waals surface area (Å²) >= 11 is 0. The van der Waals surface area contributed by atoms with Crippen molar-refractivity contribution in [1.29, 1.82) is 0 Å². The number of methoxy groups -OCH3 is 1. The number of ether oxygens (including phenoxy) is 1. The van der Waals surface area contributed by atoms with Crippen LogP contribution < -0.4 is 0 Å². The van der Waals surface area contributed by atoms with Gasteiger partial charge in [-0.05, 0) is 25.7 Å². The number of carbonyl (C=O) groups is 1. The van der Waals surface area contributed by atoms with Crippen molar-refractivity contribution in [3.63, 3.8) is 0 Å². The SMILES string of the molecule is CCC/C=C\CCCCCCCCC(=O)OC. The zero-order valence-electron chi connectivity index (χ0n) is 11.5. The van der Waals surface area contributed by atoms with Gasteiger partial charge in [0.2, 0.25) is 0 Å². The van der Waals surface area contributed by atoms with Gasteiger partial charge < -0.3 is 4.74 Å². The second-order valence-electron chi connectivity index (χ2n) is 4.50. The summed E-state index contributed by atoms with van der Waals surface area (Å²) in [6, 6.07) is 0. The highest BCUT2D eigenvalue weighted by Crippen LogP contribution is 2.09. The molecule has 0 aliphatic carbocycles. The van der Waals surface area contributed by atoms with Crippen molar-refractivity contribution in [3.05, 3.63) is 12.2 Å². The Labute approximate surface area is 106 Å². The summed E-state index contributed by atoms with van der Waals surface area (Å²) in [5, 5.41) is 0.